The van der Waals surface area contributed by atoms with E-state index in [1.54, 1.807) is 6.07 Å². The number of aromatic amines is 1. The van der Waals surface area contributed by atoms with Crippen molar-refractivity contribution in [3.63, 3.8) is 0 Å². The number of hydrazine groups is 1. The second-order valence-electron chi connectivity index (χ2n) is 8.57. The Morgan fingerprint density at radius 3 is 2.31 bits per heavy atom. The van der Waals surface area contributed by atoms with Crippen molar-refractivity contribution in [1.82, 2.24) is 21.0 Å². The summed E-state index contributed by atoms with van der Waals surface area (Å²) in [5, 5.41) is 8.08. The summed E-state index contributed by atoms with van der Waals surface area (Å²) in [4.78, 5) is 23.6. The van der Waals surface area contributed by atoms with Gasteiger partial charge in [0.25, 0.3) is 11.5 Å². The maximum Gasteiger partial charge on any atom is 0.272 e. The highest BCUT2D eigenvalue weighted by atomic mass is 16.5. The average Bonchev–Trinajstić information content (AvgIpc) is 2.92. The third kappa shape index (κ3) is 3.02. The zero-order chi connectivity index (χ0) is 24.2. The summed E-state index contributed by atoms with van der Waals surface area (Å²) in [5.41, 5.74) is 9.84. The molecule has 1 atom stereocenters. The predicted octanol–water partition coefficient (Wildman–Crippen LogP) is 4.83. The number of carbonyl (C=O) groups excluding carboxylic acids is 1. The van der Waals surface area contributed by atoms with Crippen LogP contribution in [-0.4, -0.2) is 16.1 Å². The number of ether oxygens (including phenoxy) is 2. The van der Waals surface area contributed by atoms with E-state index < -0.39 is 0 Å². The zero-order valence-corrected chi connectivity index (χ0v) is 18.7. The third-order valence-electron chi connectivity index (χ3n) is 6.52. The molecule has 174 valence electrons. The largest absolute Gasteiger partial charge is 0.457 e. The van der Waals surface area contributed by atoms with Crippen LogP contribution in [0.3, 0.4) is 0 Å². The topological polar surface area (TPSA) is 105 Å². The van der Waals surface area contributed by atoms with Crippen molar-refractivity contribution in [3.8, 4) is 34.3 Å². The van der Waals surface area contributed by atoms with Gasteiger partial charge in [-0.3, -0.25) is 15.0 Å². The van der Waals surface area contributed by atoms with Crippen LogP contribution in [0.4, 0.5) is 0 Å². The number of nitrogens with zero attached hydrogens (tertiary/aromatic N) is 1. The van der Waals surface area contributed by atoms with E-state index in [-0.39, 0.29) is 17.5 Å². The molecule has 0 bridgehead atoms. The number of hydrogen-bond acceptors (Lipinski definition) is 6. The Hall–Kier alpha value is -4.95. The quantitative estimate of drug-likeness (QED) is 0.291. The lowest BCUT2D eigenvalue weighted by Crippen LogP contribution is -2.46. The van der Waals surface area contributed by atoms with E-state index in [1.165, 1.54) is 0 Å². The Morgan fingerprint density at radius 2 is 1.39 bits per heavy atom. The number of carbonyl (C=O) groups is 1. The van der Waals surface area contributed by atoms with Gasteiger partial charge in [0.05, 0.1) is 16.8 Å². The van der Waals surface area contributed by atoms with Crippen molar-refractivity contribution in [2.75, 3.05) is 0 Å². The van der Waals surface area contributed by atoms with Gasteiger partial charge < -0.3 is 9.47 Å². The average molecular weight is 474 g/mol. The van der Waals surface area contributed by atoms with Crippen LogP contribution >= 0.6 is 0 Å². The first-order chi connectivity index (χ1) is 17.7. The Kier molecular flexibility index (Phi) is 4.42. The summed E-state index contributed by atoms with van der Waals surface area (Å²) in [5.74, 6) is 2.90. The number of nitrogens with one attached hydrogen (secondary N) is 3. The van der Waals surface area contributed by atoms with Crippen molar-refractivity contribution in [2.45, 2.75) is 6.04 Å². The summed E-state index contributed by atoms with van der Waals surface area (Å²) in [6.07, 6.45) is 0. The minimum absolute atomic E-state index is 0.0427. The summed E-state index contributed by atoms with van der Waals surface area (Å²) in [7, 11) is 0. The lowest BCUT2D eigenvalue weighted by atomic mass is 9.90. The molecule has 0 aliphatic carbocycles. The molecular formula is C28H18N4O4. The molecule has 3 N–H and O–H groups in total. The molecule has 0 saturated carbocycles. The zero-order valence-electron chi connectivity index (χ0n) is 18.7. The van der Waals surface area contributed by atoms with E-state index in [9.17, 15) is 9.59 Å². The summed E-state index contributed by atoms with van der Waals surface area (Å²) < 4.78 is 11.7. The van der Waals surface area contributed by atoms with Gasteiger partial charge in [-0.15, -0.1) is 0 Å². The SMILES string of the molecule is O=C1NNC2c3ccccc3Oc3cccc1c32.O=c1[nH]nc2c3c(cccc13)Oc1ccccc1-2. The van der Waals surface area contributed by atoms with Gasteiger partial charge in [-0.25, -0.2) is 10.5 Å². The van der Waals surface area contributed by atoms with Crippen molar-refractivity contribution < 1.29 is 14.3 Å². The maximum atomic E-state index is 11.8. The van der Waals surface area contributed by atoms with Gasteiger partial charge in [-0.1, -0.05) is 42.5 Å². The fourth-order valence-electron chi connectivity index (χ4n) is 4.91. The van der Waals surface area contributed by atoms with E-state index in [2.05, 4.69) is 21.0 Å². The minimum Gasteiger partial charge on any atom is -0.457 e. The van der Waals surface area contributed by atoms with Gasteiger partial charge in [0.2, 0.25) is 0 Å². The molecule has 3 aliphatic rings. The summed E-state index contributed by atoms with van der Waals surface area (Å²) >= 11 is 0. The molecule has 1 amide bonds. The van der Waals surface area contributed by atoms with Crippen LogP contribution in [0.5, 0.6) is 23.0 Å². The van der Waals surface area contributed by atoms with Crippen LogP contribution < -0.4 is 25.9 Å². The van der Waals surface area contributed by atoms with E-state index in [1.807, 2.05) is 78.9 Å². The third-order valence-corrected chi connectivity index (χ3v) is 6.52. The number of benzene rings is 4. The molecule has 4 aromatic carbocycles. The van der Waals surface area contributed by atoms with Gasteiger partial charge in [-0.2, -0.15) is 5.10 Å². The molecule has 1 unspecified atom stereocenters. The first kappa shape index (κ1) is 20.4. The highest BCUT2D eigenvalue weighted by molar-refractivity contribution is 6.01. The highest BCUT2D eigenvalue weighted by Crippen LogP contribution is 2.45. The van der Waals surface area contributed by atoms with Crippen LogP contribution in [0.2, 0.25) is 0 Å². The van der Waals surface area contributed by atoms with E-state index >= 15 is 0 Å². The van der Waals surface area contributed by atoms with Crippen molar-refractivity contribution in [2.24, 2.45) is 0 Å². The van der Waals surface area contributed by atoms with E-state index in [0.717, 1.165) is 45.0 Å². The number of rotatable bonds is 0. The normalized spacial score (nSPS) is 15.7. The Morgan fingerprint density at radius 1 is 0.694 bits per heavy atom. The molecule has 0 radical (unpaired) electrons. The Bertz CT molecular complexity index is 1760. The van der Waals surface area contributed by atoms with Gasteiger partial charge in [0, 0.05) is 22.3 Å². The van der Waals surface area contributed by atoms with Gasteiger partial charge in [-0.05, 0) is 42.5 Å². The van der Waals surface area contributed by atoms with Crippen LogP contribution in [0, 0.1) is 0 Å². The number of para-hydroxylation sites is 2. The van der Waals surface area contributed by atoms with Gasteiger partial charge in [0.15, 0.2) is 0 Å². The monoisotopic (exact) mass is 474 g/mol. The molecule has 4 heterocycles. The van der Waals surface area contributed by atoms with Gasteiger partial charge in [0.1, 0.15) is 28.7 Å². The van der Waals surface area contributed by atoms with Crippen LogP contribution in [0.25, 0.3) is 22.0 Å². The van der Waals surface area contributed by atoms with Crippen LogP contribution in [0.15, 0.2) is 89.7 Å². The highest BCUT2D eigenvalue weighted by Gasteiger charge is 2.34. The minimum atomic E-state index is -0.196. The number of fused-ring (bicyclic) bond motifs is 4. The second-order valence-corrected chi connectivity index (χ2v) is 8.57. The lowest BCUT2D eigenvalue weighted by molar-refractivity contribution is 0.0910. The molecular weight excluding hydrogens is 456 g/mol. The molecule has 5 aromatic rings. The molecule has 0 saturated heterocycles. The molecule has 1 aromatic heterocycles. The van der Waals surface area contributed by atoms with Crippen molar-refractivity contribution in [1.29, 1.82) is 0 Å². The van der Waals surface area contributed by atoms with Crippen molar-refractivity contribution in [3.05, 3.63) is 112 Å². The fourth-order valence-corrected chi connectivity index (χ4v) is 4.91. The smallest absolute Gasteiger partial charge is 0.272 e. The first-order valence-electron chi connectivity index (χ1n) is 11.4. The lowest BCUT2D eigenvalue weighted by Gasteiger charge is -2.33. The number of aromatic nitrogens is 2. The molecule has 8 heteroatoms. The Balaban J connectivity index is 0.000000122. The van der Waals surface area contributed by atoms with Gasteiger partial charge >= 0.3 is 0 Å². The predicted molar refractivity (Wildman–Crippen MR) is 133 cm³/mol. The first-order valence-corrected chi connectivity index (χ1v) is 11.4. The number of hydrogen-bond donors (Lipinski definition) is 3. The van der Waals surface area contributed by atoms with Crippen LogP contribution in [-0.2, 0) is 0 Å². The van der Waals surface area contributed by atoms with Crippen molar-refractivity contribution >= 4 is 16.7 Å². The van der Waals surface area contributed by atoms with E-state index in [4.69, 9.17) is 9.47 Å². The van der Waals surface area contributed by atoms with Crippen LogP contribution in [0.1, 0.15) is 27.5 Å². The fraction of sp³-hybridized carbons (Fsp3) is 0.0357. The molecule has 8 nitrogen and oxygen atoms in total. The number of H-pyrrole nitrogens is 1. The standard InChI is InChI=1S/C14H10N2O2.C14H8N2O2/c2*17-14-9-5-3-7-11-12(9)13(15-16-14)8-4-1-2-6-10(8)18-11/h1-7,13,15H,(H,16,17);1-7H,(H,16,17). The molecule has 8 rings (SSSR count). The molecule has 36 heavy (non-hydrogen) atoms. The Labute approximate surface area is 204 Å². The molecule has 0 fully saturated rings. The maximum absolute atomic E-state index is 11.8. The summed E-state index contributed by atoms with van der Waals surface area (Å²) in [6.45, 7) is 0. The summed E-state index contributed by atoms with van der Waals surface area (Å²) in [6, 6.07) is 26.5. The second kappa shape index (κ2) is 7.79. The number of amides is 1. The van der Waals surface area contributed by atoms with E-state index in [0.29, 0.717) is 16.7 Å². The molecule has 0 spiro atoms. The molecule has 3 aliphatic heterocycles.